The van der Waals surface area contributed by atoms with Crippen LogP contribution in [0.1, 0.15) is 5.56 Å². The summed E-state index contributed by atoms with van der Waals surface area (Å²) in [5, 5.41) is 10.6. The van der Waals surface area contributed by atoms with E-state index in [4.69, 9.17) is 5.11 Å². The molecule has 0 bridgehead atoms. The van der Waals surface area contributed by atoms with Crippen molar-refractivity contribution in [1.29, 1.82) is 0 Å². The number of aliphatic carboxylic acids is 1. The number of hydrogen-bond acceptors (Lipinski definition) is 5. The lowest BCUT2D eigenvalue weighted by Gasteiger charge is -2.21. The summed E-state index contributed by atoms with van der Waals surface area (Å²) in [5.74, 6) is -2.05. The molecule has 0 aromatic carbocycles. The lowest BCUT2D eigenvalue weighted by molar-refractivity contribution is -0.144. The normalized spacial score (nSPS) is 10.2. The van der Waals surface area contributed by atoms with Gasteiger partial charge in [0.1, 0.15) is 13.1 Å². The third kappa shape index (κ3) is 5.73. The number of H-pyrrole nitrogens is 1. The van der Waals surface area contributed by atoms with Gasteiger partial charge in [0, 0.05) is 24.8 Å². The summed E-state index contributed by atoms with van der Waals surface area (Å²) in [6.45, 7) is -0.289. The minimum absolute atomic E-state index is 0.201. The Hall–Kier alpha value is -2.98. The van der Waals surface area contributed by atoms with Crippen molar-refractivity contribution in [2.24, 2.45) is 0 Å². The molecule has 0 saturated carbocycles. The molecule has 0 unspecified atom stereocenters. The van der Waals surface area contributed by atoms with Gasteiger partial charge in [-0.3, -0.25) is 23.9 Å². The molecule has 0 saturated heterocycles. The van der Waals surface area contributed by atoms with Crippen LogP contribution in [0, 0.1) is 6.92 Å². The average Bonchev–Trinajstić information content (AvgIpc) is 2.42. The van der Waals surface area contributed by atoms with Gasteiger partial charge < -0.3 is 15.3 Å². The first kappa shape index (κ1) is 18.1. The van der Waals surface area contributed by atoms with Gasteiger partial charge in [0.2, 0.25) is 5.91 Å². The van der Waals surface area contributed by atoms with Crippen molar-refractivity contribution in [2.45, 2.75) is 13.5 Å². The Morgan fingerprint density at radius 1 is 1.39 bits per heavy atom. The molecule has 1 aromatic rings. The monoisotopic (exact) mass is 330 g/mol. The van der Waals surface area contributed by atoms with Gasteiger partial charge in [0.15, 0.2) is 0 Å². The molecule has 0 radical (unpaired) electrons. The van der Waals surface area contributed by atoms with E-state index >= 15 is 0 Å². The molecule has 1 aromatic heterocycles. The fraction of sp³-hybridized carbons (Fsp3) is 0.417. The van der Waals surface area contributed by atoms with Crippen LogP contribution in [-0.2, 0) is 16.1 Å². The van der Waals surface area contributed by atoms with E-state index in [1.54, 1.807) is 5.32 Å². The first-order valence-corrected chi connectivity index (χ1v) is 6.44. The van der Waals surface area contributed by atoms with Gasteiger partial charge in [-0.25, -0.2) is 9.59 Å². The molecule has 0 aliphatic carbocycles. The zero-order chi connectivity index (χ0) is 17.6. The van der Waals surface area contributed by atoms with Crippen molar-refractivity contribution in [1.82, 2.24) is 19.8 Å². The molecule has 0 aliphatic heterocycles. The number of carbonyl (C=O) groups is 3. The van der Waals surface area contributed by atoms with E-state index in [1.165, 1.54) is 13.1 Å². The van der Waals surface area contributed by atoms with Crippen LogP contribution in [0.15, 0.2) is 15.8 Å². The van der Waals surface area contributed by atoms with E-state index in [-0.39, 0.29) is 18.7 Å². The number of aromatic nitrogens is 2. The number of aromatic amines is 1. The molecule has 2 amide bonds. The molecular formula is C12H15FN4O6. The Labute approximate surface area is 128 Å². The Balaban J connectivity index is 2.86. The number of nitrogens with zero attached hydrogens (tertiary/aromatic N) is 2. The van der Waals surface area contributed by atoms with Gasteiger partial charge in [-0.2, -0.15) is 0 Å². The second-order valence-electron chi connectivity index (χ2n) is 4.61. The van der Waals surface area contributed by atoms with Crippen LogP contribution >= 0.6 is 0 Å². The van der Waals surface area contributed by atoms with Crippen molar-refractivity contribution in [2.75, 3.05) is 19.6 Å². The molecule has 1 rings (SSSR count). The summed E-state index contributed by atoms with van der Waals surface area (Å²) in [6, 6.07) is 0. The molecule has 10 nitrogen and oxygen atoms in total. The maximum Gasteiger partial charge on any atom is 0.397 e. The van der Waals surface area contributed by atoms with Gasteiger partial charge >= 0.3 is 17.8 Å². The summed E-state index contributed by atoms with van der Waals surface area (Å²) >= 11 is 0. The number of carboxylic acid groups (broad SMARTS) is 1. The van der Waals surface area contributed by atoms with Gasteiger partial charge in [-0.05, 0) is 6.92 Å². The van der Waals surface area contributed by atoms with Crippen LogP contribution in [0.4, 0.5) is 9.18 Å². The van der Waals surface area contributed by atoms with Crippen LogP contribution < -0.4 is 16.6 Å². The van der Waals surface area contributed by atoms with Gasteiger partial charge in [0.25, 0.3) is 5.56 Å². The van der Waals surface area contributed by atoms with Crippen molar-refractivity contribution < 1.29 is 23.9 Å². The van der Waals surface area contributed by atoms with Gasteiger partial charge in [-0.1, -0.05) is 0 Å². The van der Waals surface area contributed by atoms with Crippen LogP contribution in [0.5, 0.6) is 0 Å². The van der Waals surface area contributed by atoms with E-state index in [0.717, 1.165) is 9.47 Å². The minimum Gasteiger partial charge on any atom is -0.480 e. The molecule has 3 N–H and O–H groups in total. The zero-order valence-corrected chi connectivity index (χ0v) is 12.2. The van der Waals surface area contributed by atoms with Crippen molar-refractivity contribution >= 4 is 18.0 Å². The van der Waals surface area contributed by atoms with Gasteiger partial charge in [0.05, 0.1) is 0 Å². The smallest absolute Gasteiger partial charge is 0.397 e. The summed E-state index contributed by atoms with van der Waals surface area (Å²) < 4.78 is 13.0. The summed E-state index contributed by atoms with van der Waals surface area (Å²) in [4.78, 5) is 58.7. The lowest BCUT2D eigenvalue weighted by atomic mass is 10.3. The van der Waals surface area contributed by atoms with Crippen LogP contribution in [0.2, 0.25) is 0 Å². The number of halogens is 1. The topological polar surface area (TPSA) is 142 Å². The number of nitrogens with one attached hydrogen (secondary N) is 2. The molecule has 0 atom stereocenters. The Kier molecular flexibility index (Phi) is 6.18. The fourth-order valence-electron chi connectivity index (χ4n) is 1.73. The number of rotatable bonds is 7. The lowest BCUT2D eigenvalue weighted by Crippen LogP contribution is -2.44. The maximum absolute atomic E-state index is 12.1. The van der Waals surface area contributed by atoms with Crippen molar-refractivity contribution in [3.63, 3.8) is 0 Å². The minimum atomic E-state index is -1.81. The number of aryl methyl sites for hydroxylation is 1. The quantitative estimate of drug-likeness (QED) is 0.408. The first-order chi connectivity index (χ1) is 10.7. The highest BCUT2D eigenvalue weighted by Gasteiger charge is 2.18. The summed E-state index contributed by atoms with van der Waals surface area (Å²) in [7, 11) is 0. The van der Waals surface area contributed by atoms with E-state index in [9.17, 15) is 28.4 Å². The summed E-state index contributed by atoms with van der Waals surface area (Å²) in [6.07, 6.45) is -0.637. The fourth-order valence-corrected chi connectivity index (χ4v) is 1.73. The Morgan fingerprint density at radius 2 is 2.04 bits per heavy atom. The van der Waals surface area contributed by atoms with Gasteiger partial charge in [-0.15, -0.1) is 4.39 Å². The second-order valence-corrected chi connectivity index (χ2v) is 4.61. The Bertz CT molecular complexity index is 725. The number of amides is 2. The van der Waals surface area contributed by atoms with Crippen LogP contribution in [-0.4, -0.2) is 57.2 Å². The van der Waals surface area contributed by atoms with Crippen LogP contribution in [0.3, 0.4) is 0 Å². The maximum atomic E-state index is 12.1. The number of carbonyl (C=O) groups excluding carboxylic acids is 2. The van der Waals surface area contributed by atoms with E-state index in [2.05, 4.69) is 0 Å². The zero-order valence-electron chi connectivity index (χ0n) is 12.2. The molecule has 11 heteroatoms. The van der Waals surface area contributed by atoms with E-state index in [0.29, 0.717) is 0 Å². The van der Waals surface area contributed by atoms with Crippen molar-refractivity contribution in [3.8, 4) is 0 Å². The predicted molar refractivity (Wildman–Crippen MR) is 74.8 cm³/mol. The third-order valence-electron chi connectivity index (χ3n) is 2.82. The molecule has 126 valence electrons. The Morgan fingerprint density at radius 3 is 2.61 bits per heavy atom. The first-order valence-electron chi connectivity index (χ1n) is 6.44. The molecule has 0 fully saturated rings. The predicted octanol–water partition coefficient (Wildman–Crippen LogP) is -1.56. The highest BCUT2D eigenvalue weighted by atomic mass is 19.1. The third-order valence-corrected chi connectivity index (χ3v) is 2.82. The average molecular weight is 330 g/mol. The molecule has 23 heavy (non-hydrogen) atoms. The molecular weight excluding hydrogens is 315 g/mol. The molecule has 1 heterocycles. The largest absolute Gasteiger partial charge is 0.480 e. The van der Waals surface area contributed by atoms with Crippen molar-refractivity contribution in [3.05, 3.63) is 32.6 Å². The number of hydrogen-bond donors (Lipinski definition) is 3. The SMILES string of the molecule is Cc1cn(CC(=O)N(CCNC(=O)F)CC(=O)O)c(=O)[nH]c1=O. The van der Waals surface area contributed by atoms with E-state index < -0.39 is 42.4 Å². The summed E-state index contributed by atoms with van der Waals surface area (Å²) in [5.41, 5.74) is -1.21. The second kappa shape index (κ2) is 7.87. The van der Waals surface area contributed by atoms with E-state index in [1.807, 2.05) is 4.98 Å². The highest BCUT2D eigenvalue weighted by molar-refractivity contribution is 5.81. The molecule has 0 aliphatic rings. The molecule has 0 spiro atoms. The highest BCUT2D eigenvalue weighted by Crippen LogP contribution is 1.94. The number of carboxylic acids is 1. The van der Waals surface area contributed by atoms with Crippen LogP contribution in [0.25, 0.3) is 0 Å². The standard InChI is InChI=1S/C12H15FN4O6/c1-7-4-17(12(23)15-10(7)21)5-8(18)16(6-9(19)20)3-2-14-11(13)22/h4H,2-3,5-6H2,1H3,(H,14,22)(H,19,20)(H,15,21,23).